The number of methoxy groups -OCH3 is 1. The maximum Gasteiger partial charge on any atom is 0.129 e. The Morgan fingerprint density at radius 2 is 1.88 bits per heavy atom. The third kappa shape index (κ3) is 3.59. The molecule has 126 valence electrons. The van der Waals surface area contributed by atoms with E-state index in [1.54, 1.807) is 13.2 Å². The third-order valence-corrected chi connectivity index (χ3v) is 5.17. The Labute approximate surface area is 144 Å². The number of halogens is 1. The van der Waals surface area contributed by atoms with E-state index in [0.717, 1.165) is 11.1 Å². The molecule has 0 aromatic heterocycles. The number of hydrogen-bond donors (Lipinski definition) is 0. The Kier molecular flexibility index (Phi) is 5.47. The molecule has 0 atom stereocenters. The summed E-state index contributed by atoms with van der Waals surface area (Å²) in [7, 11) is 1.59. The van der Waals surface area contributed by atoms with E-state index in [2.05, 4.69) is 30.9 Å². The summed E-state index contributed by atoms with van der Waals surface area (Å²) in [5, 5.41) is 0. The van der Waals surface area contributed by atoms with Crippen LogP contribution in [0.3, 0.4) is 0 Å². The molecule has 0 saturated heterocycles. The van der Waals surface area contributed by atoms with Gasteiger partial charge < -0.3 is 4.74 Å². The fourth-order valence-electron chi connectivity index (χ4n) is 3.77. The molecule has 2 heteroatoms. The van der Waals surface area contributed by atoms with Crippen molar-refractivity contribution in [1.29, 1.82) is 0 Å². The van der Waals surface area contributed by atoms with Gasteiger partial charge in [-0.15, -0.1) is 6.58 Å². The van der Waals surface area contributed by atoms with Gasteiger partial charge in [0.25, 0.3) is 0 Å². The molecule has 1 aliphatic carbocycles. The van der Waals surface area contributed by atoms with Gasteiger partial charge in [0, 0.05) is 12.7 Å². The van der Waals surface area contributed by atoms with Crippen molar-refractivity contribution in [2.24, 2.45) is 5.92 Å². The zero-order chi connectivity index (χ0) is 16.9. The van der Waals surface area contributed by atoms with Gasteiger partial charge in [0.2, 0.25) is 0 Å². The summed E-state index contributed by atoms with van der Waals surface area (Å²) in [6.45, 7) is 4.23. The van der Waals surface area contributed by atoms with Crippen molar-refractivity contribution >= 4 is 0 Å². The van der Waals surface area contributed by atoms with Crippen molar-refractivity contribution in [3.8, 4) is 11.1 Å². The van der Waals surface area contributed by atoms with Crippen LogP contribution in [0, 0.1) is 11.7 Å². The summed E-state index contributed by atoms with van der Waals surface area (Å²) in [4.78, 5) is 0. The maximum atomic E-state index is 14.3. The first-order valence-electron chi connectivity index (χ1n) is 8.72. The van der Waals surface area contributed by atoms with Crippen LogP contribution in [-0.4, -0.2) is 7.11 Å². The molecule has 1 aliphatic rings. The first-order valence-corrected chi connectivity index (χ1v) is 8.72. The molecule has 0 unspecified atom stereocenters. The number of rotatable bonds is 5. The molecule has 0 spiro atoms. The predicted octanol–water partition coefficient (Wildman–Crippen LogP) is 6.10. The SMILES string of the molecule is C=CC1CCC(c2ccccc2-c2ccc(COC)c(F)c2)CC1. The highest BCUT2D eigenvalue weighted by molar-refractivity contribution is 5.68. The fourth-order valence-corrected chi connectivity index (χ4v) is 3.77. The van der Waals surface area contributed by atoms with Gasteiger partial charge in [0.1, 0.15) is 5.82 Å². The Balaban J connectivity index is 1.89. The lowest BCUT2D eigenvalue weighted by molar-refractivity contribution is 0.181. The van der Waals surface area contributed by atoms with Crippen molar-refractivity contribution in [3.63, 3.8) is 0 Å². The van der Waals surface area contributed by atoms with Gasteiger partial charge in [-0.1, -0.05) is 42.5 Å². The summed E-state index contributed by atoms with van der Waals surface area (Å²) in [6.07, 6.45) is 6.84. The van der Waals surface area contributed by atoms with Crippen LogP contribution in [0.4, 0.5) is 4.39 Å². The zero-order valence-electron chi connectivity index (χ0n) is 14.3. The average molecular weight is 324 g/mol. The summed E-state index contributed by atoms with van der Waals surface area (Å²) < 4.78 is 19.3. The van der Waals surface area contributed by atoms with Crippen LogP contribution in [0.15, 0.2) is 55.1 Å². The van der Waals surface area contributed by atoms with Gasteiger partial charge in [-0.25, -0.2) is 4.39 Å². The normalized spacial score (nSPS) is 20.8. The fraction of sp³-hybridized carbons (Fsp3) is 0.364. The summed E-state index contributed by atoms with van der Waals surface area (Å²) >= 11 is 0. The molecule has 2 aromatic rings. The topological polar surface area (TPSA) is 9.23 Å². The largest absolute Gasteiger partial charge is 0.380 e. The summed E-state index contributed by atoms with van der Waals surface area (Å²) in [5.41, 5.74) is 4.06. The predicted molar refractivity (Wildman–Crippen MR) is 97.4 cm³/mol. The molecular weight excluding hydrogens is 299 g/mol. The lowest BCUT2D eigenvalue weighted by atomic mass is 9.77. The Bertz CT molecular complexity index is 699. The van der Waals surface area contributed by atoms with E-state index in [0.29, 0.717) is 24.0 Å². The van der Waals surface area contributed by atoms with Crippen LogP contribution in [0.2, 0.25) is 0 Å². The molecule has 0 heterocycles. The van der Waals surface area contributed by atoms with Crippen LogP contribution < -0.4 is 0 Å². The quantitative estimate of drug-likeness (QED) is 0.604. The molecule has 0 N–H and O–H groups in total. The van der Waals surface area contributed by atoms with Crippen LogP contribution >= 0.6 is 0 Å². The van der Waals surface area contributed by atoms with Gasteiger partial charge in [0.15, 0.2) is 0 Å². The van der Waals surface area contributed by atoms with Crippen LogP contribution in [0.5, 0.6) is 0 Å². The van der Waals surface area contributed by atoms with E-state index in [4.69, 9.17) is 4.74 Å². The lowest BCUT2D eigenvalue weighted by Crippen LogP contribution is -2.12. The highest BCUT2D eigenvalue weighted by Crippen LogP contribution is 2.40. The zero-order valence-corrected chi connectivity index (χ0v) is 14.3. The molecule has 0 radical (unpaired) electrons. The maximum absolute atomic E-state index is 14.3. The molecule has 1 saturated carbocycles. The number of ether oxygens (including phenoxy) is 1. The smallest absolute Gasteiger partial charge is 0.129 e. The third-order valence-electron chi connectivity index (χ3n) is 5.17. The van der Waals surface area contributed by atoms with Crippen LogP contribution in [0.1, 0.15) is 42.7 Å². The Hall–Kier alpha value is -1.93. The van der Waals surface area contributed by atoms with E-state index in [1.807, 2.05) is 18.2 Å². The second-order valence-corrected chi connectivity index (χ2v) is 6.67. The van der Waals surface area contributed by atoms with E-state index < -0.39 is 0 Å². The molecule has 1 nitrogen and oxygen atoms in total. The second-order valence-electron chi connectivity index (χ2n) is 6.67. The number of hydrogen-bond acceptors (Lipinski definition) is 1. The molecule has 24 heavy (non-hydrogen) atoms. The minimum atomic E-state index is -0.195. The van der Waals surface area contributed by atoms with Crippen molar-refractivity contribution in [1.82, 2.24) is 0 Å². The second kappa shape index (κ2) is 7.76. The van der Waals surface area contributed by atoms with Crippen molar-refractivity contribution in [2.45, 2.75) is 38.2 Å². The molecule has 0 amide bonds. The lowest BCUT2D eigenvalue weighted by Gasteiger charge is -2.28. The minimum absolute atomic E-state index is 0.195. The van der Waals surface area contributed by atoms with Gasteiger partial charge in [-0.05, 0) is 60.3 Å². The highest BCUT2D eigenvalue weighted by Gasteiger charge is 2.23. The van der Waals surface area contributed by atoms with Gasteiger partial charge >= 0.3 is 0 Å². The van der Waals surface area contributed by atoms with E-state index in [9.17, 15) is 4.39 Å². The first kappa shape index (κ1) is 16.9. The van der Waals surface area contributed by atoms with Gasteiger partial charge in [-0.3, -0.25) is 0 Å². The van der Waals surface area contributed by atoms with Crippen LogP contribution in [-0.2, 0) is 11.3 Å². The highest BCUT2D eigenvalue weighted by atomic mass is 19.1. The van der Waals surface area contributed by atoms with Crippen molar-refractivity contribution in [3.05, 3.63) is 72.1 Å². The number of benzene rings is 2. The molecule has 2 aromatic carbocycles. The van der Waals surface area contributed by atoms with E-state index in [1.165, 1.54) is 31.2 Å². The Morgan fingerprint density at radius 3 is 2.54 bits per heavy atom. The van der Waals surface area contributed by atoms with Gasteiger partial charge in [-0.2, -0.15) is 0 Å². The monoisotopic (exact) mass is 324 g/mol. The summed E-state index contributed by atoms with van der Waals surface area (Å²) in [5.74, 6) is 1.01. The minimum Gasteiger partial charge on any atom is -0.380 e. The molecular formula is C22H25FO. The molecule has 3 rings (SSSR count). The van der Waals surface area contributed by atoms with E-state index in [-0.39, 0.29) is 5.82 Å². The molecule has 1 fully saturated rings. The van der Waals surface area contributed by atoms with Crippen molar-refractivity contribution < 1.29 is 9.13 Å². The number of allylic oxidation sites excluding steroid dienone is 1. The van der Waals surface area contributed by atoms with Crippen molar-refractivity contribution in [2.75, 3.05) is 7.11 Å². The Morgan fingerprint density at radius 1 is 1.12 bits per heavy atom. The summed E-state index contributed by atoms with van der Waals surface area (Å²) in [6, 6.07) is 13.9. The van der Waals surface area contributed by atoms with Gasteiger partial charge in [0.05, 0.1) is 6.61 Å². The van der Waals surface area contributed by atoms with Crippen LogP contribution in [0.25, 0.3) is 11.1 Å². The van der Waals surface area contributed by atoms with E-state index >= 15 is 0 Å². The molecule has 0 bridgehead atoms. The first-order chi connectivity index (χ1) is 11.7. The molecule has 0 aliphatic heterocycles. The standard InChI is InChI=1S/C22H25FO/c1-3-16-8-10-17(11-9-16)20-6-4-5-7-21(20)18-12-13-19(15-24-2)22(23)14-18/h3-7,12-14,16-17H,1,8-11,15H2,2H3. The average Bonchev–Trinajstić information content (AvgIpc) is 2.64.